The van der Waals surface area contributed by atoms with Crippen molar-refractivity contribution >= 4 is 17.0 Å². The van der Waals surface area contributed by atoms with Gasteiger partial charge >= 0.3 is 0 Å². The lowest BCUT2D eigenvalue weighted by Crippen LogP contribution is -2.21. The molecular weight excluding hydrogens is 254 g/mol. The number of aliphatic hydroxyl groups is 1. The van der Waals surface area contributed by atoms with Gasteiger partial charge in [-0.2, -0.15) is 0 Å². The summed E-state index contributed by atoms with van der Waals surface area (Å²) < 4.78 is 7.00. The normalized spacial score (nSPS) is 12.2. The van der Waals surface area contributed by atoms with E-state index in [2.05, 4.69) is 0 Å². The third kappa shape index (κ3) is 2.60. The number of methoxy groups -OCH3 is 1. The maximum Gasteiger partial charge on any atom is 0.261 e. The molecule has 4 nitrogen and oxygen atoms in total. The van der Waals surface area contributed by atoms with Crippen molar-refractivity contribution in [1.29, 1.82) is 0 Å². The summed E-state index contributed by atoms with van der Waals surface area (Å²) >= 11 is 0. The summed E-state index contributed by atoms with van der Waals surface area (Å²) in [6.07, 6.45) is 3.20. The molecule has 0 aliphatic carbocycles. The first-order chi connectivity index (χ1) is 9.35. The molecule has 0 aliphatic rings. The zero-order valence-electron chi connectivity index (χ0n) is 12.2. The van der Waals surface area contributed by atoms with Crippen LogP contribution in [0.4, 0.5) is 0 Å². The van der Waals surface area contributed by atoms with Crippen molar-refractivity contribution in [3.63, 3.8) is 0 Å². The van der Waals surface area contributed by atoms with E-state index in [9.17, 15) is 9.90 Å². The molecule has 0 aliphatic heterocycles. The first-order valence-corrected chi connectivity index (χ1v) is 6.42. The minimum atomic E-state index is -0.984. The molecule has 0 atom stereocenters. The Hall–Kier alpha value is -2.07. The summed E-state index contributed by atoms with van der Waals surface area (Å²) in [5.41, 5.74) is 0.119. The van der Waals surface area contributed by atoms with Crippen molar-refractivity contribution in [3.05, 3.63) is 46.3 Å². The molecule has 0 unspecified atom stereocenters. The predicted molar refractivity (Wildman–Crippen MR) is 81.1 cm³/mol. The predicted octanol–water partition coefficient (Wildman–Crippen LogP) is 2.33. The number of benzene rings is 1. The second-order valence-electron chi connectivity index (χ2n) is 5.32. The van der Waals surface area contributed by atoms with Crippen LogP contribution in [0.5, 0.6) is 5.75 Å². The molecule has 4 heteroatoms. The molecule has 0 saturated heterocycles. The number of para-hydroxylation sites is 1. The molecule has 106 valence electrons. The number of aromatic nitrogens is 1. The summed E-state index contributed by atoms with van der Waals surface area (Å²) in [6, 6.07) is 7.57. The van der Waals surface area contributed by atoms with Gasteiger partial charge in [0, 0.05) is 12.4 Å². The number of ether oxygens (including phenoxy) is 1. The molecule has 0 amide bonds. The molecule has 1 aromatic carbocycles. The van der Waals surface area contributed by atoms with Gasteiger partial charge in [0.25, 0.3) is 5.56 Å². The van der Waals surface area contributed by atoms with E-state index in [4.69, 9.17) is 4.74 Å². The minimum Gasteiger partial charge on any atom is -0.495 e. The lowest BCUT2D eigenvalue weighted by Gasteiger charge is -2.14. The molecule has 20 heavy (non-hydrogen) atoms. The molecule has 0 bridgehead atoms. The van der Waals surface area contributed by atoms with Crippen LogP contribution in [0.15, 0.2) is 35.1 Å². The number of pyridine rings is 1. The van der Waals surface area contributed by atoms with Crippen molar-refractivity contribution in [2.45, 2.75) is 19.4 Å². The zero-order valence-corrected chi connectivity index (χ0v) is 12.2. The number of nitrogens with zero attached hydrogens (tertiary/aromatic N) is 1. The molecular formula is C16H19NO3. The second-order valence-corrected chi connectivity index (χ2v) is 5.32. The number of hydrogen-bond donors (Lipinski definition) is 1. The fourth-order valence-electron chi connectivity index (χ4n) is 2.14. The van der Waals surface area contributed by atoms with Crippen LogP contribution in [0.2, 0.25) is 0 Å². The third-order valence-electron chi connectivity index (χ3n) is 3.15. The highest BCUT2D eigenvalue weighted by atomic mass is 16.5. The summed E-state index contributed by atoms with van der Waals surface area (Å²) in [7, 11) is 3.27. The highest BCUT2D eigenvalue weighted by Crippen LogP contribution is 2.28. The molecule has 2 aromatic rings. The third-order valence-corrected chi connectivity index (χ3v) is 3.15. The number of fused-ring (bicyclic) bond motifs is 1. The average molecular weight is 273 g/mol. The molecule has 0 spiro atoms. The van der Waals surface area contributed by atoms with Crippen LogP contribution in [0, 0.1) is 0 Å². The van der Waals surface area contributed by atoms with Crippen LogP contribution >= 0.6 is 0 Å². The standard InChI is InChI=1S/C16H19NO3/c1-16(2,19)10-9-12-14(20-4)11-7-5-6-8-13(11)17(3)15(12)18/h5-10,19H,1-4H3/b10-9+. The van der Waals surface area contributed by atoms with Gasteiger partial charge in [0.2, 0.25) is 0 Å². The Bertz CT molecular complexity index is 721. The Morgan fingerprint density at radius 3 is 2.55 bits per heavy atom. The SMILES string of the molecule is COc1c(/C=C/C(C)(C)O)c(=O)n(C)c2ccccc12. The number of rotatable bonds is 3. The fourth-order valence-corrected chi connectivity index (χ4v) is 2.14. The van der Waals surface area contributed by atoms with E-state index in [1.165, 1.54) is 0 Å². The topological polar surface area (TPSA) is 51.5 Å². The molecule has 0 radical (unpaired) electrons. The van der Waals surface area contributed by atoms with Crippen molar-refractivity contribution in [2.24, 2.45) is 7.05 Å². The Balaban J connectivity index is 2.80. The molecule has 0 fully saturated rings. The van der Waals surface area contributed by atoms with Crippen molar-refractivity contribution in [3.8, 4) is 5.75 Å². The summed E-state index contributed by atoms with van der Waals surface area (Å²) in [4.78, 5) is 12.4. The van der Waals surface area contributed by atoms with Gasteiger partial charge in [-0.3, -0.25) is 4.79 Å². The van der Waals surface area contributed by atoms with Gasteiger partial charge in [0.1, 0.15) is 5.75 Å². The maximum absolute atomic E-state index is 12.4. The first kappa shape index (κ1) is 14.3. The van der Waals surface area contributed by atoms with E-state index in [1.54, 1.807) is 44.7 Å². The average Bonchev–Trinajstić information content (AvgIpc) is 2.40. The Morgan fingerprint density at radius 2 is 1.95 bits per heavy atom. The zero-order chi connectivity index (χ0) is 14.9. The summed E-state index contributed by atoms with van der Waals surface area (Å²) in [5, 5.41) is 10.6. The number of aryl methyl sites for hydroxylation is 1. The largest absolute Gasteiger partial charge is 0.495 e. The van der Waals surface area contributed by atoms with Crippen molar-refractivity contribution < 1.29 is 9.84 Å². The van der Waals surface area contributed by atoms with E-state index in [0.29, 0.717) is 11.3 Å². The summed E-state index contributed by atoms with van der Waals surface area (Å²) in [6.45, 7) is 3.31. The molecule has 1 aromatic heterocycles. The Morgan fingerprint density at radius 1 is 1.30 bits per heavy atom. The van der Waals surface area contributed by atoms with Gasteiger partial charge in [-0.15, -0.1) is 0 Å². The van der Waals surface area contributed by atoms with Gasteiger partial charge in [0.15, 0.2) is 0 Å². The van der Waals surface area contributed by atoms with Crippen molar-refractivity contribution in [2.75, 3.05) is 7.11 Å². The lowest BCUT2D eigenvalue weighted by atomic mass is 10.1. The Kier molecular flexibility index (Phi) is 3.68. The fraction of sp³-hybridized carbons (Fsp3) is 0.312. The van der Waals surface area contributed by atoms with Crippen LogP contribution in [0.25, 0.3) is 17.0 Å². The maximum atomic E-state index is 12.4. The van der Waals surface area contributed by atoms with Gasteiger partial charge in [-0.05, 0) is 32.1 Å². The van der Waals surface area contributed by atoms with E-state index < -0.39 is 5.60 Å². The van der Waals surface area contributed by atoms with E-state index >= 15 is 0 Å². The minimum absolute atomic E-state index is 0.152. The van der Waals surface area contributed by atoms with Gasteiger partial charge in [-0.25, -0.2) is 0 Å². The van der Waals surface area contributed by atoms with E-state index in [-0.39, 0.29) is 5.56 Å². The Labute approximate surface area is 117 Å². The number of hydrogen-bond acceptors (Lipinski definition) is 3. The van der Waals surface area contributed by atoms with Gasteiger partial charge in [-0.1, -0.05) is 18.2 Å². The van der Waals surface area contributed by atoms with Crippen LogP contribution in [0.3, 0.4) is 0 Å². The van der Waals surface area contributed by atoms with Crippen molar-refractivity contribution in [1.82, 2.24) is 4.57 Å². The molecule has 1 heterocycles. The van der Waals surface area contributed by atoms with Crippen LogP contribution in [-0.4, -0.2) is 22.4 Å². The van der Waals surface area contributed by atoms with Crippen LogP contribution in [0.1, 0.15) is 19.4 Å². The lowest BCUT2D eigenvalue weighted by molar-refractivity contribution is 0.134. The van der Waals surface area contributed by atoms with E-state index in [1.807, 2.05) is 24.3 Å². The van der Waals surface area contributed by atoms with Crippen LogP contribution < -0.4 is 10.3 Å². The quantitative estimate of drug-likeness (QED) is 0.933. The smallest absolute Gasteiger partial charge is 0.261 e. The second kappa shape index (κ2) is 5.13. The molecule has 2 rings (SSSR count). The monoisotopic (exact) mass is 273 g/mol. The van der Waals surface area contributed by atoms with Gasteiger partial charge < -0.3 is 14.4 Å². The highest BCUT2D eigenvalue weighted by molar-refractivity contribution is 5.89. The first-order valence-electron chi connectivity index (χ1n) is 6.42. The molecule has 1 N–H and O–H groups in total. The highest BCUT2D eigenvalue weighted by Gasteiger charge is 2.15. The molecule has 0 saturated carbocycles. The van der Waals surface area contributed by atoms with E-state index in [0.717, 1.165) is 10.9 Å². The summed E-state index contributed by atoms with van der Waals surface area (Å²) in [5.74, 6) is 0.532. The van der Waals surface area contributed by atoms with Crippen LogP contribution in [-0.2, 0) is 7.05 Å². The van der Waals surface area contributed by atoms with Gasteiger partial charge in [0.05, 0.1) is 23.8 Å².